The van der Waals surface area contributed by atoms with Crippen LogP contribution in [0.2, 0.25) is 0 Å². The number of ether oxygens (including phenoxy) is 4. The van der Waals surface area contributed by atoms with Crippen molar-refractivity contribution in [3.63, 3.8) is 0 Å². The highest BCUT2D eigenvalue weighted by atomic mass is 16.7. The first-order chi connectivity index (χ1) is 21.6. The quantitative estimate of drug-likeness (QED) is 0.393. The van der Waals surface area contributed by atoms with Gasteiger partial charge in [0, 0.05) is 25.2 Å². The Bertz CT molecular complexity index is 1660. The first kappa shape index (κ1) is 27.4. The fraction of sp³-hybridized carbons (Fsp3) is 0.343. The van der Waals surface area contributed by atoms with Crippen molar-refractivity contribution in [1.29, 1.82) is 0 Å². The molecule has 6 atom stereocenters. The lowest BCUT2D eigenvalue weighted by atomic mass is 9.87. The predicted molar refractivity (Wildman–Crippen MR) is 167 cm³/mol. The van der Waals surface area contributed by atoms with E-state index in [0.717, 1.165) is 22.3 Å². The molecule has 0 aromatic heterocycles. The van der Waals surface area contributed by atoms with Crippen LogP contribution < -0.4 is 5.43 Å². The fourth-order valence-corrected chi connectivity index (χ4v) is 7.21. The van der Waals surface area contributed by atoms with E-state index in [1.165, 1.54) is 0 Å². The van der Waals surface area contributed by atoms with Crippen LogP contribution in [0.15, 0.2) is 118 Å². The molecule has 9 nitrogen and oxygen atoms in total. The highest BCUT2D eigenvalue weighted by molar-refractivity contribution is 6.43. The minimum Gasteiger partial charge on any atom is -0.370 e. The molecule has 2 spiro atoms. The van der Waals surface area contributed by atoms with E-state index in [0.29, 0.717) is 37.9 Å². The van der Waals surface area contributed by atoms with Crippen molar-refractivity contribution in [2.24, 2.45) is 15.0 Å². The summed E-state index contributed by atoms with van der Waals surface area (Å²) in [6, 6.07) is 30.5. The molecule has 9 heteroatoms. The fourth-order valence-electron chi connectivity index (χ4n) is 7.21. The Morgan fingerprint density at radius 2 is 1.50 bits per heavy atom. The molecule has 3 heterocycles. The third kappa shape index (κ3) is 4.18. The number of nitrogens with one attached hydrogen (secondary N) is 1. The second-order valence-corrected chi connectivity index (χ2v) is 12.1. The lowest BCUT2D eigenvalue weighted by Crippen LogP contribution is -2.57. The lowest BCUT2D eigenvalue weighted by molar-refractivity contribution is -0.154. The number of benzene rings is 3. The normalized spacial score (nSPS) is 33.5. The van der Waals surface area contributed by atoms with Gasteiger partial charge in [0.15, 0.2) is 17.3 Å². The summed E-state index contributed by atoms with van der Waals surface area (Å²) in [4.78, 5) is 13.5. The van der Waals surface area contributed by atoms with Crippen molar-refractivity contribution in [3.05, 3.63) is 119 Å². The summed E-state index contributed by atoms with van der Waals surface area (Å²) in [6.45, 7) is 3.47. The first-order valence-electron chi connectivity index (χ1n) is 15.1. The average Bonchev–Trinajstić information content (AvgIpc) is 3.95. The van der Waals surface area contributed by atoms with E-state index in [9.17, 15) is 0 Å². The standard InChI is InChI=1S/C35H35N5O4/c1-33(43-22-26-16-10-5-11-17-26)32(42-21-25-14-8-4-9-15-25)34(18-28(34)41-20-24-12-6-3-7-13-24)44-35(33)27-19-37-31-30(36-2)38-23-39-40(31)29(27)35/h3-17,19,23,28-29,32H,18,20-22H2,1-2H3,(H,36,38,39)/t28?,29?,32-,33+,34?,35+/m0/s1. The minimum atomic E-state index is -0.885. The summed E-state index contributed by atoms with van der Waals surface area (Å²) in [6.07, 6.45) is 3.68. The summed E-state index contributed by atoms with van der Waals surface area (Å²) in [7, 11) is 1.72. The van der Waals surface area contributed by atoms with Crippen molar-refractivity contribution in [3.8, 4) is 0 Å². The number of hydrogen-bond donors (Lipinski definition) is 1. The summed E-state index contributed by atoms with van der Waals surface area (Å²) >= 11 is 0. The van der Waals surface area contributed by atoms with E-state index < -0.39 is 22.9 Å². The van der Waals surface area contributed by atoms with Crippen LogP contribution >= 0.6 is 0 Å². The van der Waals surface area contributed by atoms with Crippen molar-refractivity contribution >= 4 is 18.0 Å². The molecule has 3 fully saturated rings. The zero-order valence-electron chi connectivity index (χ0n) is 24.8. The lowest BCUT2D eigenvalue weighted by Gasteiger charge is -2.37. The highest BCUT2D eigenvalue weighted by Gasteiger charge is 2.89. The number of hydrazine groups is 1. The van der Waals surface area contributed by atoms with E-state index in [-0.39, 0.29) is 12.1 Å². The van der Waals surface area contributed by atoms with Crippen LogP contribution in [0.1, 0.15) is 30.0 Å². The Kier molecular flexibility index (Phi) is 6.53. The number of fused-ring (bicyclic) bond motifs is 5. The number of nitrogens with zero attached hydrogens (tertiary/aromatic N) is 4. The molecule has 3 unspecified atom stereocenters. The smallest absolute Gasteiger partial charge is 0.193 e. The van der Waals surface area contributed by atoms with Gasteiger partial charge in [0.2, 0.25) is 0 Å². The van der Waals surface area contributed by atoms with Crippen molar-refractivity contribution < 1.29 is 18.9 Å². The van der Waals surface area contributed by atoms with Crippen LogP contribution in [0.25, 0.3) is 0 Å². The van der Waals surface area contributed by atoms with Crippen LogP contribution in [0.3, 0.4) is 0 Å². The van der Waals surface area contributed by atoms with Crippen molar-refractivity contribution in [2.75, 3.05) is 7.05 Å². The van der Waals surface area contributed by atoms with Gasteiger partial charge in [-0.05, 0) is 23.6 Å². The number of amidine groups is 2. The molecule has 1 saturated heterocycles. The minimum absolute atomic E-state index is 0.158. The van der Waals surface area contributed by atoms with Gasteiger partial charge in [-0.1, -0.05) is 91.0 Å². The molecule has 3 aliphatic heterocycles. The largest absolute Gasteiger partial charge is 0.370 e. The molecule has 224 valence electrons. The maximum Gasteiger partial charge on any atom is 0.193 e. The van der Waals surface area contributed by atoms with E-state index in [4.69, 9.17) is 23.9 Å². The Labute approximate surface area is 256 Å². The molecule has 1 N–H and O–H groups in total. The molecular formula is C35H35N5O4. The van der Waals surface area contributed by atoms with Crippen LogP contribution in [-0.2, 0) is 38.8 Å². The van der Waals surface area contributed by atoms with Gasteiger partial charge in [-0.3, -0.25) is 15.4 Å². The summed E-state index contributed by atoms with van der Waals surface area (Å²) in [5, 5.41) is 2.00. The maximum absolute atomic E-state index is 7.35. The SMILES string of the molecule is CN=C1N=CNN2C1=NC=C1C2[C@]12OC1(CC1OCc1ccccc1)[C@@H](OCc1ccccc1)[C@@]2(C)OCc1ccccc1. The van der Waals surface area contributed by atoms with E-state index in [1.54, 1.807) is 13.4 Å². The summed E-state index contributed by atoms with van der Waals surface area (Å²) in [5.74, 6) is 1.22. The Balaban J connectivity index is 1.17. The second kappa shape index (κ2) is 10.5. The molecular weight excluding hydrogens is 554 g/mol. The highest BCUT2D eigenvalue weighted by Crippen LogP contribution is 2.72. The van der Waals surface area contributed by atoms with Gasteiger partial charge in [0.1, 0.15) is 29.7 Å². The number of rotatable bonds is 9. The van der Waals surface area contributed by atoms with Gasteiger partial charge >= 0.3 is 0 Å². The van der Waals surface area contributed by atoms with Crippen molar-refractivity contribution in [1.82, 2.24) is 10.4 Å². The van der Waals surface area contributed by atoms with E-state index >= 15 is 0 Å². The molecule has 2 saturated carbocycles. The molecule has 0 radical (unpaired) electrons. The molecule has 3 aromatic rings. The van der Waals surface area contributed by atoms with Gasteiger partial charge in [-0.25, -0.2) is 9.98 Å². The topological polar surface area (TPSA) is 89.3 Å². The van der Waals surface area contributed by atoms with Gasteiger partial charge in [-0.15, -0.1) is 0 Å². The molecule has 5 aliphatic rings. The number of hydrogen-bond acceptors (Lipinski definition) is 8. The Hall–Kier alpha value is -4.15. The van der Waals surface area contributed by atoms with Gasteiger partial charge in [0.25, 0.3) is 0 Å². The maximum atomic E-state index is 7.35. The number of aliphatic imine (C=N–C) groups is 3. The second-order valence-electron chi connectivity index (χ2n) is 12.1. The molecule has 2 aliphatic carbocycles. The molecule has 3 aromatic carbocycles. The van der Waals surface area contributed by atoms with Gasteiger partial charge in [-0.2, -0.15) is 0 Å². The summed E-state index contributed by atoms with van der Waals surface area (Å²) in [5.41, 5.74) is 5.21. The molecule has 8 rings (SSSR count). The zero-order valence-corrected chi connectivity index (χ0v) is 24.8. The van der Waals surface area contributed by atoms with Crippen LogP contribution in [0.4, 0.5) is 0 Å². The Morgan fingerprint density at radius 3 is 2.14 bits per heavy atom. The Morgan fingerprint density at radius 1 is 0.886 bits per heavy atom. The molecule has 0 amide bonds. The zero-order chi connectivity index (χ0) is 29.8. The van der Waals surface area contributed by atoms with E-state index in [2.05, 4.69) is 58.7 Å². The third-order valence-electron chi connectivity index (χ3n) is 9.49. The third-order valence-corrected chi connectivity index (χ3v) is 9.49. The molecule has 0 bridgehead atoms. The van der Waals surface area contributed by atoms with Crippen molar-refractivity contribution in [2.45, 2.75) is 68.2 Å². The van der Waals surface area contributed by atoms with Crippen LogP contribution in [-0.4, -0.2) is 65.1 Å². The average molecular weight is 590 g/mol. The predicted octanol–water partition coefficient (Wildman–Crippen LogP) is 4.60. The monoisotopic (exact) mass is 589 g/mol. The summed E-state index contributed by atoms with van der Waals surface area (Å²) < 4.78 is 27.9. The van der Waals surface area contributed by atoms with Crippen LogP contribution in [0.5, 0.6) is 0 Å². The molecule has 44 heavy (non-hydrogen) atoms. The van der Waals surface area contributed by atoms with Gasteiger partial charge in [0.05, 0.1) is 25.9 Å². The van der Waals surface area contributed by atoms with Gasteiger partial charge < -0.3 is 18.9 Å². The van der Waals surface area contributed by atoms with E-state index in [1.807, 2.05) is 65.8 Å². The van der Waals surface area contributed by atoms with Crippen LogP contribution in [0, 0.1) is 0 Å². The first-order valence-corrected chi connectivity index (χ1v) is 15.1.